The van der Waals surface area contributed by atoms with Gasteiger partial charge in [-0.1, -0.05) is 0 Å². The molecule has 15 heavy (non-hydrogen) atoms. The Labute approximate surface area is 91.8 Å². The third-order valence-electron chi connectivity index (χ3n) is 2.45. The fourth-order valence-corrected chi connectivity index (χ4v) is 3.19. The highest BCUT2D eigenvalue weighted by molar-refractivity contribution is 7.89. The Balaban J connectivity index is 2.05. The molecular weight excluding hydrogens is 216 g/mol. The van der Waals surface area contributed by atoms with E-state index in [1.165, 1.54) is 0 Å². The highest BCUT2D eigenvalue weighted by Crippen LogP contribution is 2.12. The van der Waals surface area contributed by atoms with Crippen LogP contribution in [0.3, 0.4) is 0 Å². The Hall–Kier alpha value is -0.170. The summed E-state index contributed by atoms with van der Waals surface area (Å²) in [5.74, 6) is 0.324. The number of nitrogens with one attached hydrogen (secondary N) is 1. The van der Waals surface area contributed by atoms with Crippen molar-refractivity contribution in [3.8, 4) is 0 Å². The molecule has 1 fully saturated rings. The van der Waals surface area contributed by atoms with Gasteiger partial charge in [0.25, 0.3) is 0 Å². The minimum atomic E-state index is -2.90. The van der Waals surface area contributed by atoms with Crippen LogP contribution in [-0.2, 0) is 14.8 Å². The maximum absolute atomic E-state index is 11.4. The molecule has 0 unspecified atom stereocenters. The number of hydrogen-bond acceptors (Lipinski definition) is 4. The zero-order chi connectivity index (χ0) is 11.1. The van der Waals surface area contributed by atoms with Crippen LogP contribution >= 0.6 is 0 Å². The van der Waals surface area contributed by atoms with Crippen LogP contribution in [0.1, 0.15) is 12.8 Å². The molecule has 0 saturated carbocycles. The van der Waals surface area contributed by atoms with Crippen LogP contribution in [0.2, 0.25) is 0 Å². The highest BCUT2D eigenvalue weighted by atomic mass is 32.2. The van der Waals surface area contributed by atoms with Gasteiger partial charge in [0.05, 0.1) is 12.4 Å². The molecule has 90 valence electrons. The summed E-state index contributed by atoms with van der Waals surface area (Å²) in [6.45, 7) is 3.70. The molecule has 5 nitrogen and oxygen atoms in total. The molecule has 1 aliphatic rings. The fourth-order valence-electron chi connectivity index (χ4n) is 1.62. The van der Waals surface area contributed by atoms with E-state index in [2.05, 4.69) is 5.32 Å². The van der Waals surface area contributed by atoms with E-state index in [0.29, 0.717) is 25.4 Å². The van der Waals surface area contributed by atoms with E-state index in [-0.39, 0.29) is 0 Å². The topological polar surface area (TPSA) is 58.6 Å². The van der Waals surface area contributed by atoms with E-state index >= 15 is 0 Å². The van der Waals surface area contributed by atoms with Crippen molar-refractivity contribution >= 4 is 10.0 Å². The van der Waals surface area contributed by atoms with Gasteiger partial charge in [0, 0.05) is 26.7 Å². The van der Waals surface area contributed by atoms with Gasteiger partial charge in [0.1, 0.15) is 0 Å². The van der Waals surface area contributed by atoms with Gasteiger partial charge in [-0.25, -0.2) is 12.7 Å². The second-order valence-electron chi connectivity index (χ2n) is 3.66. The number of rotatable bonds is 7. The molecule has 1 aliphatic heterocycles. The Morgan fingerprint density at radius 1 is 1.40 bits per heavy atom. The van der Waals surface area contributed by atoms with Gasteiger partial charge in [-0.05, 0) is 19.4 Å². The SMILES string of the molecule is COCCNCCCN1CCCS1(=O)=O. The van der Waals surface area contributed by atoms with Crippen molar-refractivity contribution in [2.75, 3.05) is 45.6 Å². The van der Waals surface area contributed by atoms with Crippen molar-refractivity contribution < 1.29 is 13.2 Å². The number of hydrogen-bond donors (Lipinski definition) is 1. The molecule has 1 saturated heterocycles. The first-order chi connectivity index (χ1) is 7.17. The van der Waals surface area contributed by atoms with Gasteiger partial charge >= 0.3 is 0 Å². The molecule has 0 aromatic rings. The van der Waals surface area contributed by atoms with E-state index in [0.717, 1.165) is 25.9 Å². The van der Waals surface area contributed by atoms with E-state index < -0.39 is 10.0 Å². The van der Waals surface area contributed by atoms with Crippen LogP contribution in [0.5, 0.6) is 0 Å². The molecule has 0 atom stereocenters. The molecule has 0 bridgehead atoms. The third kappa shape index (κ3) is 4.46. The lowest BCUT2D eigenvalue weighted by Gasteiger charge is -2.13. The summed E-state index contributed by atoms with van der Waals surface area (Å²) >= 11 is 0. The minimum Gasteiger partial charge on any atom is -0.383 e. The Morgan fingerprint density at radius 2 is 2.20 bits per heavy atom. The van der Waals surface area contributed by atoms with Gasteiger partial charge in [0.15, 0.2) is 0 Å². The fraction of sp³-hybridized carbons (Fsp3) is 1.00. The van der Waals surface area contributed by atoms with Crippen LogP contribution in [0.15, 0.2) is 0 Å². The van der Waals surface area contributed by atoms with Gasteiger partial charge < -0.3 is 10.1 Å². The average Bonchev–Trinajstić information content (AvgIpc) is 2.52. The van der Waals surface area contributed by atoms with Gasteiger partial charge in [0.2, 0.25) is 10.0 Å². The van der Waals surface area contributed by atoms with Crippen LogP contribution < -0.4 is 5.32 Å². The molecule has 0 spiro atoms. The van der Waals surface area contributed by atoms with Crippen LogP contribution in [0.4, 0.5) is 0 Å². The van der Waals surface area contributed by atoms with Crippen molar-refractivity contribution in [1.29, 1.82) is 0 Å². The lowest BCUT2D eigenvalue weighted by molar-refractivity contribution is 0.199. The molecule has 1 N–H and O–H groups in total. The molecule has 1 heterocycles. The third-order valence-corrected chi connectivity index (χ3v) is 4.40. The second-order valence-corrected chi connectivity index (χ2v) is 5.75. The maximum Gasteiger partial charge on any atom is 0.214 e. The predicted octanol–water partition coefficient (Wildman–Crippen LogP) is -0.352. The molecule has 0 aliphatic carbocycles. The number of methoxy groups -OCH3 is 1. The zero-order valence-electron chi connectivity index (χ0n) is 9.24. The molecular formula is C9H20N2O3S. The van der Waals surface area contributed by atoms with E-state index in [1.807, 2.05) is 0 Å². The lowest BCUT2D eigenvalue weighted by Crippen LogP contribution is -2.29. The Bertz CT molecular complexity index is 267. The minimum absolute atomic E-state index is 0.324. The smallest absolute Gasteiger partial charge is 0.214 e. The molecule has 6 heteroatoms. The maximum atomic E-state index is 11.4. The quantitative estimate of drug-likeness (QED) is 0.614. The molecule has 0 aromatic heterocycles. The van der Waals surface area contributed by atoms with Gasteiger partial charge in [-0.3, -0.25) is 0 Å². The zero-order valence-corrected chi connectivity index (χ0v) is 10.1. The second kappa shape index (κ2) is 6.42. The first-order valence-corrected chi connectivity index (χ1v) is 6.95. The molecule has 0 radical (unpaired) electrons. The highest BCUT2D eigenvalue weighted by Gasteiger charge is 2.26. The van der Waals surface area contributed by atoms with Crippen molar-refractivity contribution in [1.82, 2.24) is 9.62 Å². The molecule has 1 rings (SSSR count). The number of nitrogens with zero attached hydrogens (tertiary/aromatic N) is 1. The van der Waals surface area contributed by atoms with E-state index in [4.69, 9.17) is 4.74 Å². The average molecular weight is 236 g/mol. The largest absolute Gasteiger partial charge is 0.383 e. The van der Waals surface area contributed by atoms with Gasteiger partial charge in [-0.2, -0.15) is 0 Å². The normalized spacial score (nSPS) is 20.9. The summed E-state index contributed by atoms with van der Waals surface area (Å²) < 4.78 is 29.3. The van der Waals surface area contributed by atoms with Crippen molar-refractivity contribution in [2.24, 2.45) is 0 Å². The molecule has 0 amide bonds. The van der Waals surface area contributed by atoms with Crippen molar-refractivity contribution in [3.63, 3.8) is 0 Å². The summed E-state index contributed by atoms with van der Waals surface area (Å²) in [6, 6.07) is 0. The summed E-state index contributed by atoms with van der Waals surface area (Å²) in [4.78, 5) is 0. The monoisotopic (exact) mass is 236 g/mol. The predicted molar refractivity (Wildman–Crippen MR) is 59.3 cm³/mol. The van der Waals surface area contributed by atoms with Gasteiger partial charge in [-0.15, -0.1) is 0 Å². The number of ether oxygens (including phenoxy) is 1. The van der Waals surface area contributed by atoms with Crippen LogP contribution in [-0.4, -0.2) is 58.4 Å². The Morgan fingerprint density at radius 3 is 2.80 bits per heavy atom. The van der Waals surface area contributed by atoms with Crippen LogP contribution in [0.25, 0.3) is 0 Å². The first-order valence-electron chi connectivity index (χ1n) is 5.34. The Kier molecular flexibility index (Phi) is 5.52. The summed E-state index contributed by atoms with van der Waals surface area (Å²) in [7, 11) is -1.24. The lowest BCUT2D eigenvalue weighted by atomic mass is 10.4. The summed E-state index contributed by atoms with van der Waals surface area (Å²) in [5.41, 5.74) is 0. The van der Waals surface area contributed by atoms with E-state index in [9.17, 15) is 8.42 Å². The number of sulfonamides is 1. The van der Waals surface area contributed by atoms with Crippen molar-refractivity contribution in [2.45, 2.75) is 12.8 Å². The van der Waals surface area contributed by atoms with Crippen LogP contribution in [0, 0.1) is 0 Å². The summed E-state index contributed by atoms with van der Waals surface area (Å²) in [6.07, 6.45) is 1.64. The first kappa shape index (κ1) is 12.9. The van der Waals surface area contributed by atoms with Crippen molar-refractivity contribution in [3.05, 3.63) is 0 Å². The standard InChI is InChI=1S/C9H20N2O3S/c1-14-8-5-10-4-2-6-11-7-3-9-15(11,12)13/h10H,2-9H2,1H3. The summed E-state index contributed by atoms with van der Waals surface area (Å²) in [5, 5.41) is 3.19. The van der Waals surface area contributed by atoms with E-state index in [1.54, 1.807) is 11.4 Å². The molecule has 0 aromatic carbocycles.